The van der Waals surface area contributed by atoms with Gasteiger partial charge in [-0.2, -0.15) is 0 Å². The minimum absolute atomic E-state index is 0.131. The van der Waals surface area contributed by atoms with Crippen LogP contribution in [0.1, 0.15) is 19.4 Å². The van der Waals surface area contributed by atoms with Gasteiger partial charge in [-0.15, -0.1) is 0 Å². The second kappa shape index (κ2) is 10.1. The Morgan fingerprint density at radius 2 is 1.59 bits per heavy atom. The molecule has 158 valence electrons. The zero-order valence-electron chi connectivity index (χ0n) is 16.9. The molecule has 0 spiro atoms. The molecule has 0 saturated carbocycles. The van der Waals surface area contributed by atoms with Crippen molar-refractivity contribution in [2.75, 3.05) is 20.8 Å². The van der Waals surface area contributed by atoms with Gasteiger partial charge in [-0.3, -0.25) is 4.79 Å². The summed E-state index contributed by atoms with van der Waals surface area (Å²) < 4.78 is 42.7. The van der Waals surface area contributed by atoms with Crippen molar-refractivity contribution >= 4 is 15.9 Å². The second-order valence-corrected chi connectivity index (χ2v) is 8.17. The van der Waals surface area contributed by atoms with E-state index in [0.717, 1.165) is 5.56 Å². The van der Waals surface area contributed by atoms with Crippen LogP contribution in [0.4, 0.5) is 0 Å². The molecule has 2 aromatic rings. The quantitative estimate of drug-likeness (QED) is 0.608. The Bertz CT molecular complexity index is 904. The maximum Gasteiger partial charge on any atom is 0.258 e. The molecule has 2 N–H and O–H groups in total. The van der Waals surface area contributed by atoms with E-state index in [1.165, 1.54) is 24.3 Å². The first kappa shape index (κ1) is 22.5. The standard InChI is InChI=1S/C20H26N2O6S/c1-14(2)22-29(24,25)16-10-8-15(9-11-16)28-13-20(23)21-12-17-18(26-3)6-5-7-19(17)27-4/h5-11,14,22H,12-13H2,1-4H3,(H,21,23). The van der Waals surface area contributed by atoms with Crippen LogP contribution in [-0.4, -0.2) is 41.2 Å². The number of hydrogen-bond acceptors (Lipinski definition) is 6. The van der Waals surface area contributed by atoms with E-state index in [-0.39, 0.29) is 30.0 Å². The molecule has 0 atom stereocenters. The number of nitrogens with one attached hydrogen (secondary N) is 2. The van der Waals surface area contributed by atoms with Gasteiger partial charge < -0.3 is 19.5 Å². The maximum atomic E-state index is 12.1. The summed E-state index contributed by atoms with van der Waals surface area (Å²) in [4.78, 5) is 12.2. The van der Waals surface area contributed by atoms with Crippen molar-refractivity contribution < 1.29 is 27.4 Å². The highest BCUT2D eigenvalue weighted by Gasteiger charge is 2.15. The number of amides is 1. The zero-order chi connectivity index (χ0) is 21.4. The monoisotopic (exact) mass is 422 g/mol. The highest BCUT2D eigenvalue weighted by atomic mass is 32.2. The number of ether oxygens (including phenoxy) is 3. The van der Waals surface area contributed by atoms with E-state index < -0.39 is 10.0 Å². The van der Waals surface area contributed by atoms with Gasteiger partial charge in [-0.05, 0) is 50.2 Å². The fourth-order valence-electron chi connectivity index (χ4n) is 2.58. The van der Waals surface area contributed by atoms with E-state index in [4.69, 9.17) is 14.2 Å². The van der Waals surface area contributed by atoms with Crippen LogP contribution in [-0.2, 0) is 21.4 Å². The van der Waals surface area contributed by atoms with Crippen LogP contribution in [0.3, 0.4) is 0 Å². The first-order chi connectivity index (χ1) is 13.8. The van der Waals surface area contributed by atoms with Crippen molar-refractivity contribution in [1.29, 1.82) is 0 Å². The fraction of sp³-hybridized carbons (Fsp3) is 0.350. The summed E-state index contributed by atoms with van der Waals surface area (Å²) >= 11 is 0. The van der Waals surface area contributed by atoms with Gasteiger partial charge >= 0.3 is 0 Å². The van der Waals surface area contributed by atoms with E-state index in [0.29, 0.717) is 17.2 Å². The third-order valence-corrected chi connectivity index (χ3v) is 5.56. The predicted molar refractivity (Wildman–Crippen MR) is 109 cm³/mol. The Labute approximate surface area is 171 Å². The molecule has 0 aliphatic rings. The van der Waals surface area contributed by atoms with Gasteiger partial charge in [0, 0.05) is 6.04 Å². The number of sulfonamides is 1. The van der Waals surface area contributed by atoms with Crippen molar-refractivity contribution in [3.8, 4) is 17.2 Å². The molecule has 29 heavy (non-hydrogen) atoms. The van der Waals surface area contributed by atoms with Crippen LogP contribution in [0.2, 0.25) is 0 Å². The van der Waals surface area contributed by atoms with Crippen LogP contribution in [0.5, 0.6) is 17.2 Å². The Hall–Kier alpha value is -2.78. The third kappa shape index (κ3) is 6.37. The van der Waals surface area contributed by atoms with Crippen molar-refractivity contribution in [3.05, 3.63) is 48.0 Å². The average Bonchev–Trinajstić information content (AvgIpc) is 2.69. The number of hydrogen-bond donors (Lipinski definition) is 2. The van der Waals surface area contributed by atoms with Gasteiger partial charge in [0.05, 0.1) is 31.2 Å². The van der Waals surface area contributed by atoms with E-state index in [1.807, 2.05) is 0 Å². The molecule has 0 radical (unpaired) electrons. The highest BCUT2D eigenvalue weighted by Crippen LogP contribution is 2.27. The number of carbonyl (C=O) groups excluding carboxylic acids is 1. The molecule has 0 bridgehead atoms. The lowest BCUT2D eigenvalue weighted by atomic mass is 10.1. The maximum absolute atomic E-state index is 12.1. The third-order valence-electron chi connectivity index (χ3n) is 3.89. The van der Waals surface area contributed by atoms with Gasteiger partial charge in [0.2, 0.25) is 10.0 Å². The molecule has 1 amide bonds. The Morgan fingerprint density at radius 3 is 2.10 bits per heavy atom. The van der Waals surface area contributed by atoms with Crippen LogP contribution in [0.25, 0.3) is 0 Å². The number of benzene rings is 2. The van der Waals surface area contributed by atoms with E-state index in [9.17, 15) is 13.2 Å². The minimum Gasteiger partial charge on any atom is -0.496 e. The molecule has 0 fully saturated rings. The molecule has 0 aliphatic heterocycles. The Kier molecular flexibility index (Phi) is 7.86. The number of rotatable bonds is 10. The Balaban J connectivity index is 1.92. The largest absolute Gasteiger partial charge is 0.496 e. The molecule has 0 saturated heterocycles. The summed E-state index contributed by atoms with van der Waals surface area (Å²) in [6, 6.07) is 11.0. The van der Waals surface area contributed by atoms with Gasteiger partial charge in [-0.1, -0.05) is 6.07 Å². The lowest BCUT2D eigenvalue weighted by Gasteiger charge is -2.14. The van der Waals surface area contributed by atoms with Gasteiger partial charge in [0.15, 0.2) is 6.61 Å². The fourth-order valence-corrected chi connectivity index (χ4v) is 3.83. The van der Waals surface area contributed by atoms with Crippen molar-refractivity contribution in [2.24, 2.45) is 0 Å². The molecular weight excluding hydrogens is 396 g/mol. The van der Waals surface area contributed by atoms with Crippen molar-refractivity contribution in [1.82, 2.24) is 10.0 Å². The van der Waals surface area contributed by atoms with E-state index in [2.05, 4.69) is 10.0 Å². The predicted octanol–water partition coefficient (Wildman–Crippen LogP) is 2.09. The summed E-state index contributed by atoms with van der Waals surface area (Å²) in [5.41, 5.74) is 0.720. The van der Waals surface area contributed by atoms with Crippen LogP contribution in [0.15, 0.2) is 47.4 Å². The van der Waals surface area contributed by atoms with Crippen LogP contribution in [0, 0.1) is 0 Å². The first-order valence-electron chi connectivity index (χ1n) is 8.98. The topological polar surface area (TPSA) is 103 Å². The van der Waals surface area contributed by atoms with Crippen LogP contribution < -0.4 is 24.2 Å². The normalized spacial score (nSPS) is 11.2. The van der Waals surface area contributed by atoms with Crippen LogP contribution >= 0.6 is 0 Å². The van der Waals surface area contributed by atoms with Gasteiger partial charge in [0.1, 0.15) is 17.2 Å². The molecule has 8 nitrogen and oxygen atoms in total. The summed E-state index contributed by atoms with van der Waals surface area (Å²) in [5.74, 6) is 1.27. The molecule has 0 aliphatic carbocycles. The molecule has 0 aromatic heterocycles. The van der Waals surface area contributed by atoms with Crippen molar-refractivity contribution in [3.63, 3.8) is 0 Å². The van der Waals surface area contributed by atoms with E-state index in [1.54, 1.807) is 46.3 Å². The van der Waals surface area contributed by atoms with E-state index >= 15 is 0 Å². The summed E-state index contributed by atoms with van der Waals surface area (Å²) in [6.07, 6.45) is 0. The average molecular weight is 423 g/mol. The summed E-state index contributed by atoms with van der Waals surface area (Å²) in [5, 5.41) is 2.75. The highest BCUT2D eigenvalue weighted by molar-refractivity contribution is 7.89. The number of methoxy groups -OCH3 is 2. The molecular formula is C20H26N2O6S. The smallest absolute Gasteiger partial charge is 0.258 e. The lowest BCUT2D eigenvalue weighted by Crippen LogP contribution is -2.30. The number of carbonyl (C=O) groups is 1. The molecule has 9 heteroatoms. The molecule has 0 unspecified atom stereocenters. The lowest BCUT2D eigenvalue weighted by molar-refractivity contribution is -0.123. The van der Waals surface area contributed by atoms with Crippen molar-refractivity contribution in [2.45, 2.75) is 31.3 Å². The van der Waals surface area contributed by atoms with Gasteiger partial charge in [0.25, 0.3) is 5.91 Å². The summed E-state index contributed by atoms with van der Waals surface area (Å²) in [6.45, 7) is 3.49. The zero-order valence-corrected chi connectivity index (χ0v) is 17.7. The second-order valence-electron chi connectivity index (χ2n) is 6.45. The summed E-state index contributed by atoms with van der Waals surface area (Å²) in [7, 11) is -0.478. The molecule has 0 heterocycles. The van der Waals surface area contributed by atoms with Gasteiger partial charge in [-0.25, -0.2) is 13.1 Å². The minimum atomic E-state index is -3.57. The Morgan fingerprint density at radius 1 is 1.00 bits per heavy atom. The SMILES string of the molecule is COc1cccc(OC)c1CNC(=O)COc1ccc(S(=O)(=O)NC(C)C)cc1. The molecule has 2 aromatic carbocycles. The molecule has 2 rings (SSSR count). The first-order valence-corrected chi connectivity index (χ1v) is 10.5.